The van der Waals surface area contributed by atoms with Crippen molar-refractivity contribution in [3.63, 3.8) is 0 Å². The van der Waals surface area contributed by atoms with Crippen molar-refractivity contribution >= 4 is 17.6 Å². The number of rotatable bonds is 3. The number of ether oxygens (including phenoxy) is 1. The van der Waals surface area contributed by atoms with Gasteiger partial charge in [-0.15, -0.1) is 0 Å². The van der Waals surface area contributed by atoms with Gasteiger partial charge in [0, 0.05) is 6.42 Å². The summed E-state index contributed by atoms with van der Waals surface area (Å²) in [6, 6.07) is 5.09. The number of halogens is 1. The SMILES string of the molecule is [C-]#[N+]CCc1ccc(C(=O)OC)c(Cl)c1. The summed E-state index contributed by atoms with van der Waals surface area (Å²) in [5.41, 5.74) is 1.30. The Kier molecular flexibility index (Phi) is 4.14. The van der Waals surface area contributed by atoms with Gasteiger partial charge in [-0.05, 0) is 17.7 Å². The molecule has 15 heavy (non-hydrogen) atoms. The van der Waals surface area contributed by atoms with Gasteiger partial charge in [-0.1, -0.05) is 17.7 Å². The number of carbonyl (C=O) groups is 1. The van der Waals surface area contributed by atoms with Crippen LogP contribution in [0.4, 0.5) is 0 Å². The lowest BCUT2D eigenvalue weighted by atomic mass is 10.1. The van der Waals surface area contributed by atoms with Crippen molar-refractivity contribution in [2.75, 3.05) is 13.7 Å². The van der Waals surface area contributed by atoms with Crippen LogP contribution in [0.5, 0.6) is 0 Å². The van der Waals surface area contributed by atoms with Crippen molar-refractivity contribution < 1.29 is 9.53 Å². The van der Waals surface area contributed by atoms with E-state index in [1.165, 1.54) is 7.11 Å². The number of benzene rings is 1. The average Bonchev–Trinajstić information content (AvgIpc) is 2.25. The van der Waals surface area contributed by atoms with Crippen LogP contribution in [0.1, 0.15) is 15.9 Å². The lowest BCUT2D eigenvalue weighted by molar-refractivity contribution is 0.0601. The molecule has 4 heteroatoms. The van der Waals surface area contributed by atoms with Crippen LogP contribution in [-0.2, 0) is 11.2 Å². The number of hydrogen-bond acceptors (Lipinski definition) is 2. The number of methoxy groups -OCH3 is 1. The molecule has 1 rings (SSSR count). The van der Waals surface area contributed by atoms with Crippen molar-refractivity contribution in [3.8, 4) is 0 Å². The fraction of sp³-hybridized carbons (Fsp3) is 0.273. The third kappa shape index (κ3) is 2.97. The molecule has 0 fully saturated rings. The fourth-order valence-corrected chi connectivity index (χ4v) is 1.45. The van der Waals surface area contributed by atoms with Gasteiger partial charge < -0.3 is 9.58 Å². The highest BCUT2D eigenvalue weighted by atomic mass is 35.5. The molecule has 0 amide bonds. The predicted molar refractivity (Wildman–Crippen MR) is 58.0 cm³/mol. The molecule has 78 valence electrons. The fourth-order valence-electron chi connectivity index (χ4n) is 1.17. The van der Waals surface area contributed by atoms with Crippen molar-refractivity contribution in [1.29, 1.82) is 0 Å². The zero-order valence-electron chi connectivity index (χ0n) is 8.29. The van der Waals surface area contributed by atoms with Gasteiger partial charge in [-0.25, -0.2) is 11.4 Å². The lowest BCUT2D eigenvalue weighted by Gasteiger charge is -2.03. The van der Waals surface area contributed by atoms with Gasteiger partial charge in [0.25, 0.3) is 0 Å². The molecule has 1 aromatic rings. The summed E-state index contributed by atoms with van der Waals surface area (Å²) < 4.78 is 4.57. The van der Waals surface area contributed by atoms with Gasteiger partial charge in [0.15, 0.2) is 0 Å². The molecule has 3 nitrogen and oxygen atoms in total. The Balaban J connectivity index is 2.89. The van der Waals surface area contributed by atoms with Crippen LogP contribution in [0.25, 0.3) is 4.85 Å². The minimum Gasteiger partial charge on any atom is -0.465 e. The second-order valence-corrected chi connectivity index (χ2v) is 3.34. The molecule has 0 aliphatic heterocycles. The molecule has 0 saturated heterocycles. The molecule has 0 heterocycles. The highest BCUT2D eigenvalue weighted by molar-refractivity contribution is 6.33. The maximum Gasteiger partial charge on any atom is 0.339 e. The number of nitrogens with zero attached hydrogens (tertiary/aromatic N) is 1. The normalized spacial score (nSPS) is 9.40. The van der Waals surface area contributed by atoms with Crippen LogP contribution >= 0.6 is 11.6 Å². The molecular formula is C11H10ClNO2. The Morgan fingerprint density at radius 2 is 2.33 bits per heavy atom. The van der Waals surface area contributed by atoms with E-state index in [9.17, 15) is 4.79 Å². The van der Waals surface area contributed by atoms with Gasteiger partial charge in [0.1, 0.15) is 0 Å². The first kappa shape index (κ1) is 11.5. The molecule has 0 aromatic heterocycles. The molecule has 0 unspecified atom stereocenters. The average molecular weight is 224 g/mol. The number of esters is 1. The smallest absolute Gasteiger partial charge is 0.339 e. The summed E-state index contributed by atoms with van der Waals surface area (Å²) in [5, 5.41) is 0.365. The van der Waals surface area contributed by atoms with E-state index in [1.807, 2.05) is 0 Å². The highest BCUT2D eigenvalue weighted by Gasteiger charge is 2.10. The molecule has 0 saturated carbocycles. The van der Waals surface area contributed by atoms with E-state index >= 15 is 0 Å². The Labute approximate surface area is 93.4 Å². The minimum atomic E-state index is -0.447. The topological polar surface area (TPSA) is 30.7 Å². The third-order valence-corrected chi connectivity index (χ3v) is 2.26. The molecule has 0 N–H and O–H groups in total. The summed E-state index contributed by atoms with van der Waals surface area (Å²) in [6.07, 6.45) is 0.644. The van der Waals surface area contributed by atoms with Crippen LogP contribution in [-0.4, -0.2) is 19.6 Å². The second kappa shape index (κ2) is 5.38. The molecule has 0 radical (unpaired) electrons. The molecular weight excluding hydrogens is 214 g/mol. The Morgan fingerprint density at radius 3 is 2.87 bits per heavy atom. The zero-order valence-corrected chi connectivity index (χ0v) is 9.04. The summed E-state index contributed by atoms with van der Waals surface area (Å²) in [6.45, 7) is 7.09. The van der Waals surface area contributed by atoms with Gasteiger partial charge in [-0.2, -0.15) is 0 Å². The maximum absolute atomic E-state index is 11.2. The zero-order chi connectivity index (χ0) is 11.3. The molecule has 1 aromatic carbocycles. The standard InChI is InChI=1S/C11H10ClNO2/c1-13-6-5-8-3-4-9(10(12)7-8)11(14)15-2/h3-4,7H,5-6H2,2H3. The largest absolute Gasteiger partial charge is 0.465 e. The van der Waals surface area contributed by atoms with E-state index in [0.717, 1.165) is 5.56 Å². The van der Waals surface area contributed by atoms with E-state index in [0.29, 0.717) is 23.6 Å². The van der Waals surface area contributed by atoms with Crippen LogP contribution in [0.15, 0.2) is 18.2 Å². The first-order valence-corrected chi connectivity index (χ1v) is 4.76. The first-order valence-electron chi connectivity index (χ1n) is 4.39. The van der Waals surface area contributed by atoms with Crippen LogP contribution in [0, 0.1) is 6.57 Å². The lowest BCUT2D eigenvalue weighted by Crippen LogP contribution is -2.02. The van der Waals surface area contributed by atoms with Crippen LogP contribution < -0.4 is 0 Å². The van der Waals surface area contributed by atoms with Crippen molar-refractivity contribution in [2.24, 2.45) is 0 Å². The van der Waals surface area contributed by atoms with Gasteiger partial charge in [0.2, 0.25) is 6.54 Å². The molecule has 0 spiro atoms. The Hall–Kier alpha value is -1.53. The van der Waals surface area contributed by atoms with Crippen molar-refractivity contribution in [3.05, 3.63) is 45.8 Å². The molecule has 0 aliphatic rings. The first-order chi connectivity index (χ1) is 7.19. The monoisotopic (exact) mass is 223 g/mol. The van der Waals surface area contributed by atoms with E-state index < -0.39 is 5.97 Å². The quantitative estimate of drug-likeness (QED) is 0.583. The van der Waals surface area contributed by atoms with Crippen LogP contribution in [0.3, 0.4) is 0 Å². The third-order valence-electron chi connectivity index (χ3n) is 1.95. The Morgan fingerprint density at radius 1 is 1.60 bits per heavy atom. The highest BCUT2D eigenvalue weighted by Crippen LogP contribution is 2.19. The molecule has 0 aliphatic carbocycles. The predicted octanol–water partition coefficient (Wildman–Crippen LogP) is 2.59. The number of hydrogen-bond donors (Lipinski definition) is 0. The van der Waals surface area contributed by atoms with E-state index in [1.54, 1.807) is 18.2 Å². The molecule has 0 bridgehead atoms. The van der Waals surface area contributed by atoms with Crippen molar-refractivity contribution in [1.82, 2.24) is 0 Å². The van der Waals surface area contributed by atoms with Gasteiger partial charge in [0.05, 0.1) is 17.7 Å². The summed E-state index contributed by atoms with van der Waals surface area (Å²) >= 11 is 5.90. The van der Waals surface area contributed by atoms with Gasteiger partial charge >= 0.3 is 5.97 Å². The van der Waals surface area contributed by atoms with E-state index in [-0.39, 0.29) is 0 Å². The Bertz CT molecular complexity index is 410. The van der Waals surface area contributed by atoms with Crippen LogP contribution in [0.2, 0.25) is 5.02 Å². The second-order valence-electron chi connectivity index (χ2n) is 2.94. The van der Waals surface area contributed by atoms with Crippen molar-refractivity contribution in [2.45, 2.75) is 6.42 Å². The summed E-state index contributed by atoms with van der Waals surface area (Å²) in [4.78, 5) is 14.5. The van der Waals surface area contributed by atoms with E-state index in [4.69, 9.17) is 18.2 Å². The number of carbonyl (C=O) groups excluding carboxylic acids is 1. The molecule has 0 atom stereocenters. The summed E-state index contributed by atoms with van der Waals surface area (Å²) in [5.74, 6) is -0.447. The van der Waals surface area contributed by atoms with E-state index in [2.05, 4.69) is 9.58 Å². The maximum atomic E-state index is 11.2. The summed E-state index contributed by atoms with van der Waals surface area (Å²) in [7, 11) is 1.31. The van der Waals surface area contributed by atoms with Gasteiger partial charge in [-0.3, -0.25) is 0 Å². The minimum absolute atomic E-state index is 0.353.